The molecule has 0 aliphatic rings. The zero-order valence-corrected chi connectivity index (χ0v) is 18.6. The molecule has 0 aliphatic carbocycles. The maximum atomic E-state index is 5.84. The van der Waals surface area contributed by atoms with Crippen LogP contribution in [-0.2, 0) is 8.85 Å². The summed E-state index contributed by atoms with van der Waals surface area (Å²) in [5.41, 5.74) is 0. The Balaban J connectivity index is 3.14. The van der Waals surface area contributed by atoms with E-state index in [-0.39, 0.29) is 0 Å². The second-order valence-electron chi connectivity index (χ2n) is 7.29. The minimum Gasteiger partial charge on any atom is -0.394 e. The average molecular weight is 382 g/mol. The first-order chi connectivity index (χ1) is 12.8. The van der Waals surface area contributed by atoms with Gasteiger partial charge < -0.3 is 8.85 Å². The van der Waals surface area contributed by atoms with Gasteiger partial charge in [-0.2, -0.15) is 0 Å². The van der Waals surface area contributed by atoms with Crippen LogP contribution in [0.2, 0.25) is 6.55 Å². The Kier molecular flexibility index (Phi) is 22.3. The van der Waals surface area contributed by atoms with Crippen LogP contribution in [-0.4, -0.2) is 22.5 Å². The van der Waals surface area contributed by atoms with Crippen LogP contribution in [0.5, 0.6) is 0 Å². The number of rotatable bonds is 22. The summed E-state index contributed by atoms with van der Waals surface area (Å²) in [5, 5.41) is 0. The third kappa shape index (κ3) is 21.7. The molecular formula is C23H45O2Si. The summed E-state index contributed by atoms with van der Waals surface area (Å²) in [5.74, 6) is 0. The molecule has 0 unspecified atom stereocenters. The maximum absolute atomic E-state index is 5.84. The molecule has 0 fully saturated rings. The zero-order valence-electron chi connectivity index (χ0n) is 17.6. The average Bonchev–Trinajstić information content (AvgIpc) is 2.64. The Hall–Kier alpha value is -0.383. The van der Waals surface area contributed by atoms with Crippen molar-refractivity contribution in [2.45, 2.75) is 109 Å². The Labute approximate surface area is 166 Å². The molecule has 0 aromatic heterocycles. The van der Waals surface area contributed by atoms with E-state index in [0.717, 1.165) is 13.2 Å². The van der Waals surface area contributed by atoms with Crippen LogP contribution in [0, 0.1) is 0 Å². The fourth-order valence-electron chi connectivity index (χ4n) is 3.02. The van der Waals surface area contributed by atoms with Gasteiger partial charge in [-0.15, -0.1) is 13.2 Å². The van der Waals surface area contributed by atoms with Gasteiger partial charge in [0.15, 0.2) is 0 Å². The topological polar surface area (TPSA) is 18.5 Å². The number of hydrogen-bond donors (Lipinski definition) is 0. The molecule has 3 heteroatoms. The highest BCUT2D eigenvalue weighted by Gasteiger charge is 2.07. The lowest BCUT2D eigenvalue weighted by Gasteiger charge is -2.11. The standard InChI is InChI=1S/C23H45O2Si/c1-4-6-8-10-12-14-16-18-20-22-24-26(3)25-23-21-19-17-15-13-11-9-7-5-2/h4-5H,1-2,6-23H2,3H3. The van der Waals surface area contributed by atoms with E-state index in [1.54, 1.807) is 0 Å². The predicted octanol–water partition coefficient (Wildman–Crippen LogP) is 7.75. The summed E-state index contributed by atoms with van der Waals surface area (Å²) in [6.07, 6.45) is 24.8. The lowest BCUT2D eigenvalue weighted by atomic mass is 10.1. The normalized spacial score (nSPS) is 11.2. The van der Waals surface area contributed by atoms with Crippen LogP contribution < -0.4 is 0 Å². The molecule has 1 radical (unpaired) electrons. The molecule has 0 N–H and O–H groups in total. The fraction of sp³-hybridized carbons (Fsp3) is 0.826. The van der Waals surface area contributed by atoms with Crippen LogP contribution >= 0.6 is 0 Å². The molecule has 0 aliphatic heterocycles. The van der Waals surface area contributed by atoms with Crippen molar-refractivity contribution in [3.8, 4) is 0 Å². The van der Waals surface area contributed by atoms with Crippen LogP contribution in [0.4, 0.5) is 0 Å². The van der Waals surface area contributed by atoms with Gasteiger partial charge in [-0.1, -0.05) is 76.4 Å². The van der Waals surface area contributed by atoms with Crippen LogP contribution in [0.15, 0.2) is 25.3 Å². The van der Waals surface area contributed by atoms with Gasteiger partial charge in [0, 0.05) is 13.2 Å². The van der Waals surface area contributed by atoms with Crippen molar-refractivity contribution in [2.24, 2.45) is 0 Å². The summed E-state index contributed by atoms with van der Waals surface area (Å²) in [6.45, 7) is 11.4. The van der Waals surface area contributed by atoms with Gasteiger partial charge >= 0.3 is 9.28 Å². The zero-order chi connectivity index (χ0) is 19.1. The maximum Gasteiger partial charge on any atom is 0.381 e. The van der Waals surface area contributed by atoms with Gasteiger partial charge in [0.05, 0.1) is 0 Å². The Morgan fingerprint density at radius 1 is 0.538 bits per heavy atom. The number of allylic oxidation sites excluding steroid dienone is 2. The third-order valence-electron chi connectivity index (χ3n) is 4.72. The molecule has 153 valence electrons. The van der Waals surface area contributed by atoms with Gasteiger partial charge in [0.1, 0.15) is 0 Å². The summed E-state index contributed by atoms with van der Waals surface area (Å²) >= 11 is 0. The molecule has 0 saturated heterocycles. The largest absolute Gasteiger partial charge is 0.394 e. The molecule has 0 aromatic rings. The molecule has 26 heavy (non-hydrogen) atoms. The fourth-order valence-corrected chi connectivity index (χ4v) is 3.97. The van der Waals surface area contributed by atoms with Gasteiger partial charge in [-0.3, -0.25) is 0 Å². The van der Waals surface area contributed by atoms with Crippen molar-refractivity contribution in [1.82, 2.24) is 0 Å². The molecule has 0 spiro atoms. The number of hydrogen-bond acceptors (Lipinski definition) is 2. The number of unbranched alkanes of at least 4 members (excludes halogenated alkanes) is 14. The second kappa shape index (κ2) is 22.7. The first-order valence-electron chi connectivity index (χ1n) is 11.1. The van der Waals surface area contributed by atoms with Gasteiger partial charge in [-0.25, -0.2) is 0 Å². The van der Waals surface area contributed by atoms with Crippen molar-refractivity contribution < 1.29 is 8.85 Å². The minimum atomic E-state index is -1.02. The summed E-state index contributed by atoms with van der Waals surface area (Å²) in [6, 6.07) is 0. The van der Waals surface area contributed by atoms with Gasteiger partial charge in [0.2, 0.25) is 0 Å². The van der Waals surface area contributed by atoms with Crippen LogP contribution in [0.25, 0.3) is 0 Å². The molecule has 0 amide bonds. The Bertz CT molecular complexity index is 266. The highest BCUT2D eigenvalue weighted by Crippen LogP contribution is 2.10. The van der Waals surface area contributed by atoms with Crippen molar-refractivity contribution >= 4 is 9.28 Å². The van der Waals surface area contributed by atoms with Gasteiger partial charge in [-0.05, 0) is 45.1 Å². The lowest BCUT2D eigenvalue weighted by molar-refractivity contribution is 0.194. The van der Waals surface area contributed by atoms with Crippen LogP contribution in [0.1, 0.15) is 103 Å². The quantitative estimate of drug-likeness (QED) is 0.108. The smallest absolute Gasteiger partial charge is 0.381 e. The molecule has 0 heterocycles. The molecule has 2 nitrogen and oxygen atoms in total. The van der Waals surface area contributed by atoms with E-state index in [0.29, 0.717) is 0 Å². The SMILES string of the molecule is C=CCCCCCCCCCO[Si](C)OCCCCCCCCCC=C. The third-order valence-corrected chi connectivity index (χ3v) is 5.94. The minimum absolute atomic E-state index is 0.881. The Morgan fingerprint density at radius 2 is 0.846 bits per heavy atom. The van der Waals surface area contributed by atoms with Crippen molar-refractivity contribution in [3.63, 3.8) is 0 Å². The highest BCUT2D eigenvalue weighted by atomic mass is 28.3. The van der Waals surface area contributed by atoms with Crippen molar-refractivity contribution in [1.29, 1.82) is 0 Å². The molecule has 0 atom stereocenters. The van der Waals surface area contributed by atoms with E-state index >= 15 is 0 Å². The first kappa shape index (κ1) is 25.6. The second-order valence-corrected chi connectivity index (χ2v) is 8.85. The van der Waals surface area contributed by atoms with E-state index < -0.39 is 9.28 Å². The predicted molar refractivity (Wildman–Crippen MR) is 118 cm³/mol. The van der Waals surface area contributed by atoms with Gasteiger partial charge in [0.25, 0.3) is 0 Å². The van der Waals surface area contributed by atoms with E-state index in [9.17, 15) is 0 Å². The summed E-state index contributed by atoms with van der Waals surface area (Å²) in [4.78, 5) is 0. The summed E-state index contributed by atoms with van der Waals surface area (Å²) < 4.78 is 11.7. The molecule has 0 rings (SSSR count). The van der Waals surface area contributed by atoms with Crippen LogP contribution in [0.3, 0.4) is 0 Å². The monoisotopic (exact) mass is 381 g/mol. The molecule has 0 saturated carbocycles. The van der Waals surface area contributed by atoms with E-state index in [1.807, 2.05) is 12.2 Å². The van der Waals surface area contributed by atoms with E-state index in [4.69, 9.17) is 8.85 Å². The van der Waals surface area contributed by atoms with E-state index in [2.05, 4.69) is 19.7 Å². The molecule has 0 bridgehead atoms. The first-order valence-corrected chi connectivity index (χ1v) is 12.9. The van der Waals surface area contributed by atoms with E-state index in [1.165, 1.54) is 103 Å². The molecular weight excluding hydrogens is 336 g/mol. The molecule has 0 aromatic carbocycles. The lowest BCUT2D eigenvalue weighted by Crippen LogP contribution is -2.19. The summed E-state index contributed by atoms with van der Waals surface area (Å²) in [7, 11) is -1.02. The highest BCUT2D eigenvalue weighted by molar-refractivity contribution is 6.42. The van der Waals surface area contributed by atoms with Crippen molar-refractivity contribution in [3.05, 3.63) is 25.3 Å². The Morgan fingerprint density at radius 3 is 1.19 bits per heavy atom. The van der Waals surface area contributed by atoms with Crippen molar-refractivity contribution in [2.75, 3.05) is 13.2 Å².